The van der Waals surface area contributed by atoms with Gasteiger partial charge >= 0.3 is 0 Å². The maximum atomic E-state index is 12.1. The third-order valence-electron chi connectivity index (χ3n) is 3.15. The van der Waals surface area contributed by atoms with Crippen LogP contribution in [-0.2, 0) is 0 Å². The van der Waals surface area contributed by atoms with Crippen molar-refractivity contribution in [2.24, 2.45) is 5.92 Å². The Hall–Kier alpha value is -0.910. The monoisotopic (exact) mass is 297 g/mol. The Kier molecular flexibility index (Phi) is 5.36. The van der Waals surface area contributed by atoms with Crippen LogP contribution in [0.15, 0.2) is 17.5 Å². The summed E-state index contributed by atoms with van der Waals surface area (Å²) < 4.78 is 2.35. The lowest BCUT2D eigenvalue weighted by Crippen LogP contribution is -2.29. The van der Waals surface area contributed by atoms with Crippen molar-refractivity contribution >= 4 is 38.0 Å². The normalized spacial score (nSPS) is 12.7. The molecule has 2 aromatic rings. The smallest absolute Gasteiger partial charge is 0.261 e. The number of rotatable bonds is 7. The van der Waals surface area contributed by atoms with Crippen LogP contribution in [0.2, 0.25) is 0 Å². The predicted molar refractivity (Wildman–Crippen MR) is 82.1 cm³/mol. The minimum Gasteiger partial charge on any atom is -0.396 e. The fourth-order valence-corrected chi connectivity index (χ4v) is 4.17. The number of nitrogens with one attached hydrogen (secondary N) is 1. The van der Waals surface area contributed by atoms with Crippen molar-refractivity contribution in [3.05, 3.63) is 22.4 Å². The first-order chi connectivity index (χ1) is 9.24. The summed E-state index contributed by atoms with van der Waals surface area (Å²) in [5.74, 6) is 0.382. The van der Waals surface area contributed by atoms with Crippen molar-refractivity contribution in [2.75, 3.05) is 13.2 Å². The highest BCUT2D eigenvalue weighted by atomic mass is 32.1. The number of amides is 1. The van der Waals surface area contributed by atoms with E-state index in [-0.39, 0.29) is 12.5 Å². The van der Waals surface area contributed by atoms with Gasteiger partial charge in [-0.3, -0.25) is 4.79 Å². The third-order valence-corrected chi connectivity index (χ3v) is 5.24. The molecule has 2 heterocycles. The number of carbonyl (C=O) groups excluding carboxylic acids is 1. The first-order valence-corrected chi connectivity index (χ1v) is 8.30. The zero-order valence-electron chi connectivity index (χ0n) is 11.0. The highest BCUT2D eigenvalue weighted by Gasteiger charge is 2.13. The van der Waals surface area contributed by atoms with Crippen LogP contribution >= 0.6 is 22.7 Å². The molecule has 0 saturated carbocycles. The highest BCUT2D eigenvalue weighted by Crippen LogP contribution is 2.29. The van der Waals surface area contributed by atoms with E-state index < -0.39 is 0 Å². The maximum absolute atomic E-state index is 12.1. The molecule has 0 spiro atoms. The van der Waals surface area contributed by atoms with E-state index >= 15 is 0 Å². The summed E-state index contributed by atoms with van der Waals surface area (Å²) in [5, 5.41) is 14.0. The second kappa shape index (κ2) is 7.03. The zero-order chi connectivity index (χ0) is 13.7. The second-order valence-corrected chi connectivity index (χ2v) is 6.67. The highest BCUT2D eigenvalue weighted by molar-refractivity contribution is 7.27. The Bertz CT molecular complexity index is 498. The zero-order valence-corrected chi connectivity index (χ0v) is 12.6. The molecule has 0 radical (unpaired) electrons. The number of hydrogen-bond donors (Lipinski definition) is 2. The number of hydrogen-bond acceptors (Lipinski definition) is 4. The van der Waals surface area contributed by atoms with Crippen LogP contribution in [0.5, 0.6) is 0 Å². The Morgan fingerprint density at radius 1 is 1.42 bits per heavy atom. The summed E-state index contributed by atoms with van der Waals surface area (Å²) in [4.78, 5) is 12.8. The molecular weight excluding hydrogens is 278 g/mol. The van der Waals surface area contributed by atoms with Crippen molar-refractivity contribution in [3.8, 4) is 0 Å². The number of thiophene rings is 2. The third kappa shape index (κ3) is 3.78. The Morgan fingerprint density at radius 3 is 2.95 bits per heavy atom. The van der Waals surface area contributed by atoms with E-state index in [2.05, 4.69) is 12.2 Å². The van der Waals surface area contributed by atoms with Gasteiger partial charge in [-0.25, -0.2) is 0 Å². The van der Waals surface area contributed by atoms with Gasteiger partial charge in [-0.15, -0.1) is 22.7 Å². The molecular formula is C14H19NO2S2. The number of aliphatic hydroxyl groups is 1. The van der Waals surface area contributed by atoms with Gasteiger partial charge in [0, 0.05) is 22.6 Å². The van der Waals surface area contributed by atoms with Gasteiger partial charge in [0.05, 0.1) is 4.88 Å². The predicted octanol–water partition coefficient (Wildman–Crippen LogP) is 3.49. The van der Waals surface area contributed by atoms with Gasteiger partial charge in [-0.05, 0) is 36.3 Å². The van der Waals surface area contributed by atoms with Gasteiger partial charge in [0.1, 0.15) is 0 Å². The van der Waals surface area contributed by atoms with E-state index in [0.717, 1.165) is 24.1 Å². The lowest BCUT2D eigenvalue weighted by Gasteiger charge is -2.15. The average molecular weight is 297 g/mol. The molecule has 2 N–H and O–H groups in total. The van der Waals surface area contributed by atoms with E-state index in [9.17, 15) is 4.79 Å². The van der Waals surface area contributed by atoms with Gasteiger partial charge < -0.3 is 10.4 Å². The lowest BCUT2D eigenvalue weighted by atomic mass is 10.0. The molecule has 5 heteroatoms. The molecule has 0 fully saturated rings. The number of aliphatic hydroxyl groups excluding tert-OH is 1. The van der Waals surface area contributed by atoms with Crippen molar-refractivity contribution in [1.82, 2.24) is 5.32 Å². The van der Waals surface area contributed by atoms with Gasteiger partial charge in [-0.1, -0.05) is 13.3 Å². The quantitative estimate of drug-likeness (QED) is 0.822. The summed E-state index contributed by atoms with van der Waals surface area (Å²) >= 11 is 3.20. The molecule has 0 aliphatic heterocycles. The summed E-state index contributed by atoms with van der Waals surface area (Å²) in [6.07, 6.45) is 2.88. The summed E-state index contributed by atoms with van der Waals surface area (Å²) in [6, 6.07) is 4.01. The van der Waals surface area contributed by atoms with Crippen molar-refractivity contribution < 1.29 is 9.90 Å². The summed E-state index contributed by atoms with van der Waals surface area (Å²) in [6.45, 7) is 2.97. The van der Waals surface area contributed by atoms with Crippen LogP contribution in [0.3, 0.4) is 0 Å². The molecule has 0 aliphatic rings. The van der Waals surface area contributed by atoms with E-state index in [1.807, 2.05) is 17.5 Å². The number of fused-ring (bicyclic) bond motifs is 1. The largest absolute Gasteiger partial charge is 0.396 e. The van der Waals surface area contributed by atoms with Crippen molar-refractivity contribution in [1.29, 1.82) is 0 Å². The van der Waals surface area contributed by atoms with Gasteiger partial charge in [0.25, 0.3) is 5.91 Å². The van der Waals surface area contributed by atoms with E-state index in [4.69, 9.17) is 5.11 Å². The fourth-order valence-electron chi connectivity index (χ4n) is 2.14. The minimum atomic E-state index is 0.00689. The molecule has 104 valence electrons. The minimum absolute atomic E-state index is 0.00689. The molecule has 0 saturated heterocycles. The molecule has 3 nitrogen and oxygen atoms in total. The van der Waals surface area contributed by atoms with Crippen LogP contribution in [0.1, 0.15) is 35.9 Å². The Balaban J connectivity index is 1.91. The molecule has 1 unspecified atom stereocenters. The molecule has 1 atom stereocenters. The van der Waals surface area contributed by atoms with Gasteiger partial charge in [-0.2, -0.15) is 0 Å². The Morgan fingerprint density at radius 2 is 2.26 bits per heavy atom. The summed E-state index contributed by atoms with van der Waals surface area (Å²) in [5.41, 5.74) is 0. The average Bonchev–Trinajstić information content (AvgIpc) is 2.96. The molecule has 0 aliphatic carbocycles. The van der Waals surface area contributed by atoms with E-state index in [0.29, 0.717) is 12.5 Å². The molecule has 0 bridgehead atoms. The fraction of sp³-hybridized carbons (Fsp3) is 0.500. The number of carbonyl (C=O) groups is 1. The van der Waals surface area contributed by atoms with Crippen molar-refractivity contribution in [3.63, 3.8) is 0 Å². The van der Waals surface area contributed by atoms with Crippen LogP contribution in [0.4, 0.5) is 0 Å². The molecule has 19 heavy (non-hydrogen) atoms. The van der Waals surface area contributed by atoms with E-state index in [1.54, 1.807) is 11.3 Å². The summed E-state index contributed by atoms with van der Waals surface area (Å²) in [7, 11) is 0. The molecule has 2 rings (SSSR count). The van der Waals surface area contributed by atoms with Gasteiger partial charge in [0.2, 0.25) is 0 Å². The topological polar surface area (TPSA) is 49.3 Å². The first kappa shape index (κ1) is 14.5. The van der Waals surface area contributed by atoms with E-state index in [1.165, 1.54) is 20.7 Å². The van der Waals surface area contributed by atoms with Crippen LogP contribution < -0.4 is 5.32 Å². The lowest BCUT2D eigenvalue weighted by molar-refractivity contribution is 0.0947. The van der Waals surface area contributed by atoms with Crippen LogP contribution in [-0.4, -0.2) is 24.2 Å². The standard InChI is InChI=1S/C14H19NO2S2/c1-2-3-10(4-6-16)9-15-14(17)13-8-12-11(19-13)5-7-18-12/h5,7-8,10,16H,2-4,6,9H2,1H3,(H,15,17). The SMILES string of the molecule is CCCC(CCO)CNC(=O)c1cc2sccc2s1. The second-order valence-electron chi connectivity index (χ2n) is 4.64. The van der Waals surface area contributed by atoms with Crippen LogP contribution in [0, 0.1) is 5.92 Å². The van der Waals surface area contributed by atoms with Gasteiger partial charge in [0.15, 0.2) is 0 Å². The first-order valence-electron chi connectivity index (χ1n) is 6.60. The molecule has 0 aromatic carbocycles. The molecule has 2 aromatic heterocycles. The Labute approximate surface area is 121 Å². The molecule has 1 amide bonds. The van der Waals surface area contributed by atoms with Crippen molar-refractivity contribution in [2.45, 2.75) is 26.2 Å². The van der Waals surface area contributed by atoms with Crippen LogP contribution in [0.25, 0.3) is 9.40 Å². The maximum Gasteiger partial charge on any atom is 0.261 e.